The maximum Gasteiger partial charge on any atom is 0.107 e. The fraction of sp³-hybridized carbons (Fsp3) is 0.750. The Morgan fingerprint density at radius 3 is 3.00 bits per heavy atom. The van der Waals surface area contributed by atoms with Crippen molar-refractivity contribution in [2.45, 2.75) is 32.7 Å². The van der Waals surface area contributed by atoms with Crippen molar-refractivity contribution in [2.24, 2.45) is 5.92 Å². The minimum atomic E-state index is 0.791. The lowest BCUT2D eigenvalue weighted by Gasteiger charge is -2.21. The van der Waals surface area contributed by atoms with Gasteiger partial charge in [-0.05, 0) is 31.7 Å². The summed E-state index contributed by atoms with van der Waals surface area (Å²) >= 11 is 1.82. The maximum atomic E-state index is 5.34. The van der Waals surface area contributed by atoms with Crippen molar-refractivity contribution in [1.82, 2.24) is 10.3 Å². The van der Waals surface area contributed by atoms with Gasteiger partial charge in [-0.25, -0.2) is 4.98 Å². The molecule has 0 spiro atoms. The first-order valence-corrected chi connectivity index (χ1v) is 6.92. The molecule has 1 fully saturated rings. The fourth-order valence-corrected chi connectivity index (χ4v) is 2.76. The van der Waals surface area contributed by atoms with Gasteiger partial charge in [0.1, 0.15) is 5.01 Å². The Morgan fingerprint density at radius 1 is 1.50 bits per heavy atom. The molecule has 2 rings (SSSR count). The number of nitrogens with zero attached hydrogens (tertiary/aromatic N) is 1. The van der Waals surface area contributed by atoms with Gasteiger partial charge in [-0.2, -0.15) is 0 Å². The molecule has 0 saturated carbocycles. The molecule has 1 aliphatic heterocycles. The van der Waals surface area contributed by atoms with Gasteiger partial charge in [-0.3, -0.25) is 0 Å². The lowest BCUT2D eigenvalue weighted by Crippen LogP contribution is -2.27. The molecule has 16 heavy (non-hydrogen) atoms. The molecule has 2 heterocycles. The smallest absolute Gasteiger partial charge is 0.107 e. The highest BCUT2D eigenvalue weighted by Crippen LogP contribution is 2.15. The third-order valence-corrected chi connectivity index (χ3v) is 4.14. The van der Waals surface area contributed by atoms with Gasteiger partial charge in [0.15, 0.2) is 0 Å². The first-order chi connectivity index (χ1) is 7.88. The van der Waals surface area contributed by atoms with Gasteiger partial charge < -0.3 is 10.1 Å². The Morgan fingerprint density at radius 2 is 2.31 bits per heavy atom. The highest BCUT2D eigenvalue weighted by atomic mass is 32.1. The number of ether oxygens (including phenoxy) is 1. The van der Waals surface area contributed by atoms with E-state index in [4.69, 9.17) is 4.74 Å². The third-order valence-electron chi connectivity index (χ3n) is 3.00. The van der Waals surface area contributed by atoms with Crippen molar-refractivity contribution in [3.63, 3.8) is 0 Å². The Kier molecular flexibility index (Phi) is 4.75. The molecule has 0 atom stereocenters. The zero-order valence-corrected chi connectivity index (χ0v) is 10.7. The van der Waals surface area contributed by atoms with Crippen LogP contribution in [0.3, 0.4) is 0 Å². The highest BCUT2D eigenvalue weighted by molar-refractivity contribution is 7.11. The Balaban J connectivity index is 1.66. The summed E-state index contributed by atoms with van der Waals surface area (Å²) in [6.45, 7) is 6.06. The first kappa shape index (κ1) is 12.0. The van der Waals surface area contributed by atoms with Crippen molar-refractivity contribution in [1.29, 1.82) is 0 Å². The van der Waals surface area contributed by atoms with Gasteiger partial charge in [0, 0.05) is 30.8 Å². The molecule has 1 N–H and O–H groups in total. The summed E-state index contributed by atoms with van der Waals surface area (Å²) in [5.74, 6) is 0.791. The number of hydrogen-bond acceptors (Lipinski definition) is 4. The predicted octanol–water partition coefficient (Wildman–Crippen LogP) is 2.22. The third kappa shape index (κ3) is 3.54. The largest absolute Gasteiger partial charge is 0.381 e. The van der Waals surface area contributed by atoms with Crippen LogP contribution < -0.4 is 5.32 Å². The molecule has 0 radical (unpaired) electrons. The van der Waals surface area contributed by atoms with E-state index in [1.54, 1.807) is 0 Å². The van der Waals surface area contributed by atoms with Crippen LogP contribution in [0.15, 0.2) is 6.20 Å². The molecule has 0 aliphatic carbocycles. The van der Waals surface area contributed by atoms with Gasteiger partial charge in [-0.15, -0.1) is 11.3 Å². The van der Waals surface area contributed by atoms with E-state index in [1.807, 2.05) is 17.5 Å². The molecule has 1 aromatic rings. The highest BCUT2D eigenvalue weighted by Gasteiger charge is 2.13. The monoisotopic (exact) mass is 240 g/mol. The van der Waals surface area contributed by atoms with Gasteiger partial charge in [-0.1, -0.05) is 6.92 Å². The van der Waals surface area contributed by atoms with E-state index in [0.29, 0.717) is 0 Å². The summed E-state index contributed by atoms with van der Waals surface area (Å²) in [6, 6.07) is 0. The Bertz CT molecular complexity index is 308. The molecule has 0 aromatic carbocycles. The second-order valence-corrected chi connectivity index (χ2v) is 5.46. The molecule has 1 saturated heterocycles. The average Bonchev–Trinajstić information content (AvgIpc) is 2.78. The van der Waals surface area contributed by atoms with Crippen molar-refractivity contribution in [3.8, 4) is 0 Å². The van der Waals surface area contributed by atoms with Gasteiger partial charge in [0.2, 0.25) is 0 Å². The normalized spacial score (nSPS) is 17.8. The molecule has 3 nitrogen and oxygen atoms in total. The summed E-state index contributed by atoms with van der Waals surface area (Å²) < 4.78 is 5.34. The molecule has 90 valence electrons. The Labute approximate surface area is 101 Å². The molecule has 0 bridgehead atoms. The lowest BCUT2D eigenvalue weighted by atomic mass is 10.0. The molecule has 0 unspecified atom stereocenters. The van der Waals surface area contributed by atoms with Crippen molar-refractivity contribution in [3.05, 3.63) is 16.1 Å². The first-order valence-electron chi connectivity index (χ1n) is 6.10. The van der Waals surface area contributed by atoms with E-state index >= 15 is 0 Å². The van der Waals surface area contributed by atoms with Crippen molar-refractivity contribution < 1.29 is 4.74 Å². The minimum Gasteiger partial charge on any atom is -0.381 e. The van der Waals surface area contributed by atoms with Crippen LogP contribution in [0.2, 0.25) is 0 Å². The number of rotatable bonds is 5. The van der Waals surface area contributed by atoms with E-state index in [9.17, 15) is 0 Å². The number of thiazole rings is 1. The second-order valence-electron chi connectivity index (χ2n) is 4.26. The summed E-state index contributed by atoms with van der Waals surface area (Å²) in [4.78, 5) is 5.78. The fourth-order valence-electron chi connectivity index (χ4n) is 1.93. The standard InChI is InChI=1S/C12H20N2OS/c1-2-11-8-14-12(16-11)9-13-7-10-3-5-15-6-4-10/h8,10,13H,2-7,9H2,1H3. The zero-order chi connectivity index (χ0) is 11.2. The van der Waals surface area contributed by atoms with Gasteiger partial charge in [0.05, 0.1) is 0 Å². The number of aryl methyl sites for hydroxylation is 1. The summed E-state index contributed by atoms with van der Waals surface area (Å²) in [5, 5.41) is 4.71. The van der Waals surface area contributed by atoms with Crippen LogP contribution in [0.5, 0.6) is 0 Å². The second kappa shape index (κ2) is 6.33. The molecular formula is C12H20N2OS. The van der Waals surface area contributed by atoms with Crippen molar-refractivity contribution in [2.75, 3.05) is 19.8 Å². The van der Waals surface area contributed by atoms with Gasteiger partial charge >= 0.3 is 0 Å². The minimum absolute atomic E-state index is 0.791. The van der Waals surface area contributed by atoms with Crippen LogP contribution in [0.4, 0.5) is 0 Å². The summed E-state index contributed by atoms with van der Waals surface area (Å²) in [5.41, 5.74) is 0. The molecule has 1 aliphatic rings. The predicted molar refractivity (Wildman–Crippen MR) is 66.7 cm³/mol. The number of aromatic nitrogens is 1. The zero-order valence-electron chi connectivity index (χ0n) is 9.87. The molecule has 4 heteroatoms. The van der Waals surface area contributed by atoms with Crippen molar-refractivity contribution >= 4 is 11.3 Å². The summed E-state index contributed by atoms with van der Waals surface area (Å²) in [7, 11) is 0. The van der Waals surface area contributed by atoms with E-state index in [2.05, 4.69) is 17.2 Å². The van der Waals surface area contributed by atoms with Gasteiger partial charge in [0.25, 0.3) is 0 Å². The van der Waals surface area contributed by atoms with Crippen LogP contribution in [-0.4, -0.2) is 24.7 Å². The topological polar surface area (TPSA) is 34.2 Å². The van der Waals surface area contributed by atoms with Crippen LogP contribution in [0.1, 0.15) is 29.7 Å². The Hall–Kier alpha value is -0.450. The van der Waals surface area contributed by atoms with Crippen LogP contribution in [-0.2, 0) is 17.7 Å². The molecular weight excluding hydrogens is 220 g/mol. The molecule has 1 aromatic heterocycles. The molecule has 0 amide bonds. The van der Waals surface area contributed by atoms with Crippen LogP contribution in [0, 0.1) is 5.92 Å². The van der Waals surface area contributed by atoms with Crippen LogP contribution >= 0.6 is 11.3 Å². The van der Waals surface area contributed by atoms with E-state index < -0.39 is 0 Å². The number of nitrogens with one attached hydrogen (secondary N) is 1. The van der Waals surface area contributed by atoms with Crippen LogP contribution in [0.25, 0.3) is 0 Å². The van der Waals surface area contributed by atoms with E-state index in [-0.39, 0.29) is 0 Å². The SMILES string of the molecule is CCc1cnc(CNCC2CCOCC2)s1. The number of hydrogen-bond donors (Lipinski definition) is 1. The maximum absolute atomic E-state index is 5.34. The van der Waals surface area contributed by atoms with E-state index in [0.717, 1.165) is 38.6 Å². The quantitative estimate of drug-likeness (QED) is 0.857. The van der Waals surface area contributed by atoms with E-state index in [1.165, 1.54) is 22.7 Å². The summed E-state index contributed by atoms with van der Waals surface area (Å²) in [6.07, 6.45) is 5.49. The lowest BCUT2D eigenvalue weighted by molar-refractivity contribution is 0.0662. The average molecular weight is 240 g/mol.